The van der Waals surface area contributed by atoms with Crippen LogP contribution in [0.4, 0.5) is 11.4 Å². The van der Waals surface area contributed by atoms with Gasteiger partial charge in [0.2, 0.25) is 0 Å². The van der Waals surface area contributed by atoms with E-state index in [1.165, 1.54) is 12.4 Å². The van der Waals surface area contributed by atoms with Crippen molar-refractivity contribution in [3.05, 3.63) is 27.0 Å². The smallest absolute Gasteiger partial charge is 0.311 e. The zero-order valence-corrected chi connectivity index (χ0v) is 11.6. The number of nitrogens with one attached hydrogen (secondary N) is 1. The first-order chi connectivity index (χ1) is 8.02. The lowest BCUT2D eigenvalue weighted by atomic mass is 10.3. The number of hydrogen-bond donors (Lipinski definition) is 1. The van der Waals surface area contributed by atoms with Crippen LogP contribution >= 0.6 is 15.9 Å². The Morgan fingerprint density at radius 1 is 1.59 bits per heavy atom. The van der Waals surface area contributed by atoms with Crippen molar-refractivity contribution < 1.29 is 9.13 Å². The second kappa shape index (κ2) is 6.65. The minimum absolute atomic E-state index is 0.0722. The SMILES string of the molecule is CS(=O)CCCNc1c(Br)cncc1[N+](=O)[O-]. The van der Waals surface area contributed by atoms with E-state index in [4.69, 9.17) is 0 Å². The molecule has 8 heteroatoms. The predicted octanol–water partition coefficient (Wildman–Crippen LogP) is 1.93. The minimum Gasteiger partial charge on any atom is -0.378 e. The molecule has 94 valence electrons. The first kappa shape index (κ1) is 14.0. The Labute approximate surface area is 110 Å². The van der Waals surface area contributed by atoms with E-state index in [0.717, 1.165) is 0 Å². The first-order valence-corrected chi connectivity index (χ1v) is 7.36. The highest BCUT2D eigenvalue weighted by Crippen LogP contribution is 2.30. The van der Waals surface area contributed by atoms with E-state index in [-0.39, 0.29) is 5.69 Å². The van der Waals surface area contributed by atoms with E-state index < -0.39 is 15.7 Å². The van der Waals surface area contributed by atoms with E-state index in [1.54, 1.807) is 6.26 Å². The Kier molecular flexibility index (Phi) is 5.49. The van der Waals surface area contributed by atoms with Gasteiger partial charge in [0.05, 0.1) is 9.40 Å². The summed E-state index contributed by atoms with van der Waals surface area (Å²) < 4.78 is 11.4. The van der Waals surface area contributed by atoms with Crippen molar-refractivity contribution >= 4 is 38.1 Å². The number of aromatic nitrogens is 1. The molecule has 0 amide bonds. The van der Waals surface area contributed by atoms with Crippen LogP contribution in [0.3, 0.4) is 0 Å². The Bertz CT molecular complexity index is 441. The molecule has 1 unspecified atom stereocenters. The summed E-state index contributed by atoms with van der Waals surface area (Å²) in [5, 5.41) is 13.7. The Morgan fingerprint density at radius 3 is 2.88 bits per heavy atom. The highest BCUT2D eigenvalue weighted by Gasteiger charge is 2.16. The van der Waals surface area contributed by atoms with Crippen molar-refractivity contribution in [2.75, 3.05) is 23.9 Å². The molecule has 17 heavy (non-hydrogen) atoms. The maximum Gasteiger partial charge on any atom is 0.311 e. The molecular formula is C9H12BrN3O3S. The summed E-state index contributed by atoms with van der Waals surface area (Å²) in [7, 11) is -0.841. The highest BCUT2D eigenvalue weighted by molar-refractivity contribution is 9.10. The molecule has 0 fully saturated rings. The molecular weight excluding hydrogens is 310 g/mol. The predicted molar refractivity (Wildman–Crippen MR) is 70.6 cm³/mol. The number of hydrogen-bond acceptors (Lipinski definition) is 5. The van der Waals surface area contributed by atoms with Crippen LogP contribution in [0.25, 0.3) is 0 Å². The summed E-state index contributed by atoms with van der Waals surface area (Å²) in [4.78, 5) is 14.0. The van der Waals surface area contributed by atoms with Crippen LogP contribution < -0.4 is 5.32 Å². The zero-order chi connectivity index (χ0) is 12.8. The van der Waals surface area contributed by atoms with Gasteiger partial charge in [0.1, 0.15) is 11.9 Å². The number of anilines is 1. The van der Waals surface area contributed by atoms with Crippen molar-refractivity contribution in [1.82, 2.24) is 4.98 Å². The maximum absolute atomic E-state index is 10.9. The average molecular weight is 322 g/mol. The number of halogens is 1. The van der Waals surface area contributed by atoms with Crippen LogP contribution in [0.15, 0.2) is 16.9 Å². The lowest BCUT2D eigenvalue weighted by Gasteiger charge is -2.07. The molecule has 1 aromatic heterocycles. The molecule has 6 nitrogen and oxygen atoms in total. The monoisotopic (exact) mass is 321 g/mol. The van der Waals surface area contributed by atoms with Gasteiger partial charge in [-0.2, -0.15) is 0 Å². The van der Waals surface area contributed by atoms with Crippen molar-refractivity contribution in [2.45, 2.75) is 6.42 Å². The van der Waals surface area contributed by atoms with Gasteiger partial charge in [-0.15, -0.1) is 0 Å². The fourth-order valence-corrected chi connectivity index (χ4v) is 2.24. The fraction of sp³-hybridized carbons (Fsp3) is 0.444. The van der Waals surface area contributed by atoms with E-state index in [1.807, 2.05) is 0 Å². The van der Waals surface area contributed by atoms with Crippen LogP contribution in [0, 0.1) is 10.1 Å². The Hall–Kier alpha value is -1.02. The standard InChI is InChI=1S/C9H12BrN3O3S/c1-17(16)4-2-3-12-9-7(10)5-11-6-8(9)13(14)15/h5-6H,2-4H2,1H3,(H,11,12). The van der Waals surface area contributed by atoms with E-state index in [0.29, 0.717) is 28.9 Å². The molecule has 1 N–H and O–H groups in total. The lowest BCUT2D eigenvalue weighted by Crippen LogP contribution is -2.08. The summed E-state index contributed by atoms with van der Waals surface area (Å²) >= 11 is 3.21. The van der Waals surface area contributed by atoms with Crippen LogP contribution in [0.1, 0.15) is 6.42 Å². The molecule has 1 heterocycles. The number of pyridine rings is 1. The second-order valence-corrected chi connectivity index (χ2v) is 5.74. The fourth-order valence-electron chi connectivity index (χ4n) is 1.23. The minimum atomic E-state index is -0.841. The van der Waals surface area contributed by atoms with Gasteiger partial charge in [0.15, 0.2) is 0 Å². The molecule has 0 spiro atoms. The van der Waals surface area contributed by atoms with Crippen molar-refractivity contribution in [3.8, 4) is 0 Å². The molecule has 1 rings (SSSR count). The normalized spacial score (nSPS) is 12.1. The van der Waals surface area contributed by atoms with Gasteiger partial charge in [-0.3, -0.25) is 19.3 Å². The summed E-state index contributed by atoms with van der Waals surface area (Å²) in [5.74, 6) is 0.573. The number of nitrogens with zero attached hydrogens (tertiary/aromatic N) is 2. The second-order valence-electron chi connectivity index (χ2n) is 3.33. The summed E-state index contributed by atoms with van der Waals surface area (Å²) in [6.07, 6.45) is 5.01. The number of rotatable bonds is 6. The topological polar surface area (TPSA) is 85.1 Å². The Balaban J connectivity index is 2.69. The first-order valence-electron chi connectivity index (χ1n) is 4.84. The molecule has 0 bridgehead atoms. The van der Waals surface area contributed by atoms with Crippen LogP contribution in [-0.2, 0) is 10.8 Å². The molecule has 0 aliphatic carbocycles. The molecule has 1 aromatic rings. The summed E-state index contributed by atoms with van der Waals surface area (Å²) in [5.41, 5.74) is 0.337. The maximum atomic E-state index is 10.9. The molecule has 0 aliphatic heterocycles. The quantitative estimate of drug-likeness (QED) is 0.491. The van der Waals surface area contributed by atoms with Gasteiger partial charge in [-0.25, -0.2) is 0 Å². The van der Waals surface area contributed by atoms with Crippen LogP contribution in [0.5, 0.6) is 0 Å². The third kappa shape index (κ3) is 4.39. The third-order valence-corrected chi connectivity index (χ3v) is 3.45. The van der Waals surface area contributed by atoms with E-state index in [9.17, 15) is 14.3 Å². The zero-order valence-electron chi connectivity index (χ0n) is 9.18. The van der Waals surface area contributed by atoms with E-state index >= 15 is 0 Å². The van der Waals surface area contributed by atoms with Gasteiger partial charge in [0.25, 0.3) is 0 Å². The molecule has 0 saturated carbocycles. The van der Waals surface area contributed by atoms with Crippen molar-refractivity contribution in [1.29, 1.82) is 0 Å². The van der Waals surface area contributed by atoms with Gasteiger partial charge in [-0.05, 0) is 22.4 Å². The third-order valence-electron chi connectivity index (χ3n) is 1.99. The molecule has 0 aliphatic rings. The van der Waals surface area contributed by atoms with Crippen LogP contribution in [-0.4, -0.2) is 32.7 Å². The lowest BCUT2D eigenvalue weighted by molar-refractivity contribution is -0.384. The van der Waals surface area contributed by atoms with Crippen LogP contribution in [0.2, 0.25) is 0 Å². The average Bonchev–Trinajstić information content (AvgIpc) is 2.25. The number of nitro groups is 1. The molecule has 0 saturated heterocycles. The molecule has 0 aromatic carbocycles. The largest absolute Gasteiger partial charge is 0.378 e. The van der Waals surface area contributed by atoms with Crippen molar-refractivity contribution in [2.24, 2.45) is 0 Å². The van der Waals surface area contributed by atoms with Gasteiger partial charge in [-0.1, -0.05) is 0 Å². The Morgan fingerprint density at radius 2 is 2.29 bits per heavy atom. The van der Waals surface area contributed by atoms with Gasteiger partial charge >= 0.3 is 5.69 Å². The van der Waals surface area contributed by atoms with Gasteiger partial charge in [0, 0.05) is 35.5 Å². The van der Waals surface area contributed by atoms with E-state index in [2.05, 4.69) is 26.2 Å². The summed E-state index contributed by atoms with van der Waals surface area (Å²) in [6, 6.07) is 0. The molecule has 1 atom stereocenters. The van der Waals surface area contributed by atoms with Gasteiger partial charge < -0.3 is 5.32 Å². The highest BCUT2D eigenvalue weighted by atomic mass is 79.9. The summed E-state index contributed by atoms with van der Waals surface area (Å²) in [6.45, 7) is 0.531. The molecule has 0 radical (unpaired) electrons. The van der Waals surface area contributed by atoms with Crippen molar-refractivity contribution in [3.63, 3.8) is 0 Å².